The number of rotatable bonds is 3. The van der Waals surface area contributed by atoms with Crippen molar-refractivity contribution in [3.8, 4) is 10.6 Å². The molecule has 0 atom stereocenters. The maximum absolute atomic E-state index is 5.77. The first-order chi connectivity index (χ1) is 10.1. The van der Waals surface area contributed by atoms with E-state index in [1.54, 1.807) is 6.20 Å². The second kappa shape index (κ2) is 5.70. The van der Waals surface area contributed by atoms with Crippen LogP contribution in [0.25, 0.3) is 10.6 Å². The Hall–Kier alpha value is -2.14. The lowest BCUT2D eigenvalue weighted by atomic mass is 10.1. The van der Waals surface area contributed by atoms with Crippen molar-refractivity contribution in [2.24, 2.45) is 0 Å². The van der Waals surface area contributed by atoms with E-state index in [1.165, 1.54) is 22.5 Å². The lowest BCUT2D eigenvalue weighted by Gasteiger charge is -2.08. The fourth-order valence-electron chi connectivity index (χ4n) is 2.22. The molecule has 2 aromatic heterocycles. The van der Waals surface area contributed by atoms with Crippen molar-refractivity contribution in [2.75, 3.05) is 5.32 Å². The number of benzene rings is 1. The van der Waals surface area contributed by atoms with E-state index < -0.39 is 0 Å². The molecule has 2 radical (unpaired) electrons. The van der Waals surface area contributed by atoms with Gasteiger partial charge in [-0.25, -0.2) is 9.97 Å². The molecular weight excluding hydrogens is 277 g/mol. The summed E-state index contributed by atoms with van der Waals surface area (Å²) >= 11 is 1.52. The Labute approximate surface area is 129 Å². The highest BCUT2D eigenvalue weighted by Gasteiger charge is 2.05. The van der Waals surface area contributed by atoms with Crippen LogP contribution in [-0.4, -0.2) is 17.8 Å². The minimum atomic E-state index is 0.587. The Morgan fingerprint density at radius 1 is 1.05 bits per heavy atom. The van der Waals surface area contributed by atoms with Gasteiger partial charge in [0.05, 0.1) is 10.6 Å². The van der Waals surface area contributed by atoms with Gasteiger partial charge in [-0.1, -0.05) is 12.1 Å². The van der Waals surface area contributed by atoms with Crippen LogP contribution in [0.2, 0.25) is 0 Å². The van der Waals surface area contributed by atoms with Gasteiger partial charge < -0.3 is 5.32 Å². The van der Waals surface area contributed by atoms with Crippen molar-refractivity contribution in [1.29, 1.82) is 0 Å². The van der Waals surface area contributed by atoms with E-state index in [-0.39, 0.29) is 0 Å². The molecule has 0 saturated carbocycles. The van der Waals surface area contributed by atoms with E-state index in [1.807, 2.05) is 18.2 Å². The minimum Gasteiger partial charge on any atom is -0.324 e. The summed E-state index contributed by atoms with van der Waals surface area (Å²) in [6.45, 7) is 4.15. The SMILES string of the molecule is [B]c1ccc(-c2ccnc(Nc3cc(C)cc(C)c3)n2)s1. The molecule has 3 nitrogen and oxygen atoms in total. The molecule has 0 unspecified atom stereocenters. The Morgan fingerprint density at radius 2 is 1.81 bits per heavy atom. The number of nitrogens with one attached hydrogen (secondary N) is 1. The van der Waals surface area contributed by atoms with Crippen LogP contribution in [0.15, 0.2) is 42.6 Å². The Balaban J connectivity index is 1.89. The van der Waals surface area contributed by atoms with Crippen LogP contribution < -0.4 is 10.1 Å². The van der Waals surface area contributed by atoms with Gasteiger partial charge in [-0.05, 0) is 54.0 Å². The molecular formula is C16H14BN3S. The fraction of sp³-hybridized carbons (Fsp3) is 0.125. The van der Waals surface area contributed by atoms with Crippen molar-refractivity contribution < 1.29 is 0 Å². The van der Waals surface area contributed by atoms with Crippen LogP contribution in [-0.2, 0) is 0 Å². The van der Waals surface area contributed by atoms with Crippen molar-refractivity contribution in [3.05, 3.63) is 53.7 Å². The predicted molar refractivity (Wildman–Crippen MR) is 89.9 cm³/mol. The Kier molecular flexibility index (Phi) is 3.75. The number of thiophene rings is 1. The second-order valence-electron chi connectivity index (χ2n) is 4.97. The maximum Gasteiger partial charge on any atom is 0.227 e. The Bertz CT molecular complexity index is 762. The minimum absolute atomic E-state index is 0.587. The van der Waals surface area contributed by atoms with E-state index in [4.69, 9.17) is 7.85 Å². The zero-order chi connectivity index (χ0) is 14.8. The van der Waals surface area contributed by atoms with Crippen molar-refractivity contribution >= 4 is 35.6 Å². The number of hydrogen-bond donors (Lipinski definition) is 1. The third-order valence-corrected chi connectivity index (χ3v) is 3.95. The smallest absolute Gasteiger partial charge is 0.227 e. The molecule has 0 fully saturated rings. The summed E-state index contributed by atoms with van der Waals surface area (Å²) in [6, 6.07) is 12.0. The molecule has 2 heterocycles. The van der Waals surface area contributed by atoms with Gasteiger partial charge in [-0.15, -0.1) is 0 Å². The van der Waals surface area contributed by atoms with Crippen LogP contribution in [0, 0.1) is 13.8 Å². The number of anilines is 2. The van der Waals surface area contributed by atoms with Crippen LogP contribution in [0.1, 0.15) is 11.1 Å². The molecule has 1 aromatic carbocycles. The monoisotopic (exact) mass is 291 g/mol. The molecule has 3 rings (SSSR count). The average molecular weight is 291 g/mol. The van der Waals surface area contributed by atoms with Crippen molar-refractivity contribution in [3.63, 3.8) is 0 Å². The quantitative estimate of drug-likeness (QED) is 0.752. The normalized spacial score (nSPS) is 10.6. The van der Waals surface area contributed by atoms with E-state index in [2.05, 4.69) is 47.3 Å². The molecule has 0 aliphatic heterocycles. The molecule has 5 heteroatoms. The third kappa shape index (κ3) is 3.31. The number of aromatic nitrogens is 2. The van der Waals surface area contributed by atoms with Crippen LogP contribution in [0.5, 0.6) is 0 Å². The average Bonchev–Trinajstić information content (AvgIpc) is 2.84. The topological polar surface area (TPSA) is 37.8 Å². The van der Waals surface area contributed by atoms with E-state index >= 15 is 0 Å². The highest BCUT2D eigenvalue weighted by molar-refractivity contribution is 7.23. The number of aryl methyl sites for hydroxylation is 2. The lowest BCUT2D eigenvalue weighted by Crippen LogP contribution is -1.98. The summed E-state index contributed by atoms with van der Waals surface area (Å²) < 4.78 is 0.785. The summed E-state index contributed by atoms with van der Waals surface area (Å²) in [5, 5.41) is 3.25. The number of hydrogen-bond acceptors (Lipinski definition) is 4. The first-order valence-electron chi connectivity index (χ1n) is 6.64. The predicted octanol–water partition coefficient (Wildman–Crippen LogP) is 3.36. The van der Waals surface area contributed by atoms with Crippen molar-refractivity contribution in [1.82, 2.24) is 9.97 Å². The highest BCUT2D eigenvalue weighted by atomic mass is 32.1. The fourth-order valence-corrected chi connectivity index (χ4v) is 2.97. The number of nitrogens with zero attached hydrogens (tertiary/aromatic N) is 2. The molecule has 0 aliphatic carbocycles. The van der Waals surface area contributed by atoms with Gasteiger partial charge in [-0.3, -0.25) is 0 Å². The molecule has 1 N–H and O–H groups in total. The van der Waals surface area contributed by atoms with E-state index in [9.17, 15) is 0 Å². The molecule has 0 saturated heterocycles. The standard InChI is InChI=1S/C16H14BN3S/c1-10-7-11(2)9-12(8-10)19-16-18-6-5-13(20-16)14-3-4-15(17)21-14/h3-9H,1-2H3,(H,18,19,20). The maximum atomic E-state index is 5.77. The third-order valence-electron chi connectivity index (χ3n) is 3.01. The lowest BCUT2D eigenvalue weighted by molar-refractivity contribution is 1.17. The molecule has 0 amide bonds. The zero-order valence-electron chi connectivity index (χ0n) is 11.9. The summed E-state index contributed by atoms with van der Waals surface area (Å²) in [7, 11) is 5.77. The van der Waals surface area contributed by atoms with Gasteiger partial charge in [0.2, 0.25) is 5.95 Å². The molecule has 0 bridgehead atoms. The zero-order valence-corrected chi connectivity index (χ0v) is 12.7. The van der Waals surface area contributed by atoms with Crippen LogP contribution in [0.4, 0.5) is 11.6 Å². The van der Waals surface area contributed by atoms with E-state index in [0.717, 1.165) is 21.0 Å². The summed E-state index contributed by atoms with van der Waals surface area (Å²) in [5.74, 6) is 0.587. The first kappa shape index (κ1) is 13.8. The molecule has 0 spiro atoms. The molecule has 0 aliphatic rings. The van der Waals surface area contributed by atoms with Gasteiger partial charge in [-0.2, -0.15) is 11.3 Å². The van der Waals surface area contributed by atoms with Gasteiger partial charge in [0.15, 0.2) is 0 Å². The summed E-state index contributed by atoms with van der Waals surface area (Å²) in [5.41, 5.74) is 4.29. The van der Waals surface area contributed by atoms with Gasteiger partial charge >= 0.3 is 0 Å². The molecule has 102 valence electrons. The summed E-state index contributed by atoms with van der Waals surface area (Å²) in [6.07, 6.45) is 1.75. The van der Waals surface area contributed by atoms with Gasteiger partial charge in [0.25, 0.3) is 0 Å². The molecule has 3 aromatic rings. The van der Waals surface area contributed by atoms with E-state index in [0.29, 0.717) is 5.95 Å². The van der Waals surface area contributed by atoms with Gasteiger partial charge in [0.1, 0.15) is 7.85 Å². The van der Waals surface area contributed by atoms with Gasteiger partial charge in [0, 0.05) is 11.9 Å². The largest absolute Gasteiger partial charge is 0.324 e. The second-order valence-corrected chi connectivity index (χ2v) is 6.08. The highest BCUT2D eigenvalue weighted by Crippen LogP contribution is 2.23. The van der Waals surface area contributed by atoms with Crippen LogP contribution in [0.3, 0.4) is 0 Å². The first-order valence-corrected chi connectivity index (χ1v) is 7.46. The Morgan fingerprint density at radius 3 is 2.48 bits per heavy atom. The van der Waals surface area contributed by atoms with Crippen LogP contribution >= 0.6 is 11.3 Å². The van der Waals surface area contributed by atoms with Crippen molar-refractivity contribution in [2.45, 2.75) is 13.8 Å². The molecule has 21 heavy (non-hydrogen) atoms. The summed E-state index contributed by atoms with van der Waals surface area (Å²) in [4.78, 5) is 9.86.